The number of carbonyl (C=O) groups is 1. The van der Waals surface area contributed by atoms with Gasteiger partial charge in [-0.3, -0.25) is 4.79 Å². The number of rotatable bonds is 6. The molecule has 0 aromatic heterocycles. The molecule has 2 heterocycles. The molecule has 0 bridgehead atoms. The number of carbonyl (C=O) groups excluding carboxylic acids is 1. The Bertz CT molecular complexity index is 1110. The maximum atomic E-state index is 13.4. The average molecular weight is 447 g/mol. The standard InChI is InChI=1S/C27H30N2O2S/c1-6-22-17(2)23-24(20-12-14-21(31-5)15-13-20)25(32-27(23)29(4)18(22)3)26(30)28-16-19-10-8-7-9-11-19/h7-15,27H,6,16H2,1-5H3,(H,28,30). The van der Waals surface area contributed by atoms with Gasteiger partial charge >= 0.3 is 0 Å². The number of nitrogens with one attached hydrogen (secondary N) is 1. The fraction of sp³-hybridized carbons (Fsp3) is 0.296. The quantitative estimate of drug-likeness (QED) is 0.614. The van der Waals surface area contributed by atoms with Gasteiger partial charge in [0.2, 0.25) is 0 Å². The summed E-state index contributed by atoms with van der Waals surface area (Å²) in [6.45, 7) is 7.09. The lowest BCUT2D eigenvalue weighted by Gasteiger charge is -2.36. The molecular formula is C27H30N2O2S. The Labute approximate surface area is 195 Å². The summed E-state index contributed by atoms with van der Waals surface area (Å²) in [7, 11) is 3.80. The van der Waals surface area contributed by atoms with Gasteiger partial charge < -0.3 is 15.0 Å². The number of hydrogen-bond acceptors (Lipinski definition) is 4. The Balaban J connectivity index is 1.79. The van der Waals surface area contributed by atoms with E-state index in [0.29, 0.717) is 6.54 Å². The smallest absolute Gasteiger partial charge is 0.258 e. The molecule has 4 rings (SSSR count). The van der Waals surface area contributed by atoms with Crippen molar-refractivity contribution < 1.29 is 9.53 Å². The van der Waals surface area contributed by atoms with Crippen molar-refractivity contribution in [3.05, 3.63) is 93.0 Å². The highest BCUT2D eigenvalue weighted by Crippen LogP contribution is 2.53. The molecule has 0 saturated carbocycles. The minimum Gasteiger partial charge on any atom is -0.497 e. The molecule has 4 nitrogen and oxygen atoms in total. The zero-order valence-corrected chi connectivity index (χ0v) is 20.2. The first-order valence-corrected chi connectivity index (χ1v) is 11.9. The predicted molar refractivity (Wildman–Crippen MR) is 133 cm³/mol. The van der Waals surface area contributed by atoms with E-state index in [4.69, 9.17) is 4.74 Å². The van der Waals surface area contributed by atoms with Crippen molar-refractivity contribution in [1.82, 2.24) is 10.2 Å². The van der Waals surface area contributed by atoms with Gasteiger partial charge in [-0.1, -0.05) is 61.2 Å². The van der Waals surface area contributed by atoms with Crippen LogP contribution in [0, 0.1) is 0 Å². The van der Waals surface area contributed by atoms with E-state index in [1.54, 1.807) is 18.9 Å². The number of likely N-dealkylation sites (N-methyl/N-ethyl adjacent to an activating group) is 1. The van der Waals surface area contributed by atoms with Crippen LogP contribution in [-0.4, -0.2) is 30.3 Å². The minimum absolute atomic E-state index is 0.0246. The van der Waals surface area contributed by atoms with Crippen molar-refractivity contribution in [1.29, 1.82) is 0 Å². The molecule has 1 N–H and O–H groups in total. The first-order valence-electron chi connectivity index (χ1n) is 11.0. The highest BCUT2D eigenvalue weighted by molar-refractivity contribution is 8.05. The molecule has 1 unspecified atom stereocenters. The number of ether oxygens (including phenoxy) is 1. The van der Waals surface area contributed by atoms with Crippen LogP contribution in [0.5, 0.6) is 5.75 Å². The molecule has 1 atom stereocenters. The zero-order chi connectivity index (χ0) is 22.8. The first-order chi connectivity index (χ1) is 15.5. The van der Waals surface area contributed by atoms with Crippen molar-refractivity contribution in [2.45, 2.75) is 39.1 Å². The molecule has 0 fully saturated rings. The van der Waals surface area contributed by atoms with E-state index in [9.17, 15) is 4.79 Å². The maximum Gasteiger partial charge on any atom is 0.258 e. The summed E-state index contributed by atoms with van der Waals surface area (Å²) in [5, 5.41) is 3.24. The first kappa shape index (κ1) is 22.3. The molecule has 2 aliphatic rings. The van der Waals surface area contributed by atoms with Crippen molar-refractivity contribution in [2.75, 3.05) is 14.2 Å². The molecule has 2 aromatic carbocycles. The summed E-state index contributed by atoms with van der Waals surface area (Å²) in [6, 6.07) is 18.1. The SMILES string of the molecule is CCC1=C(C)N(C)C2SC(C(=O)NCc3ccccc3)=C(c3ccc(OC)cc3)C2=C1C. The van der Waals surface area contributed by atoms with Crippen LogP contribution in [0.3, 0.4) is 0 Å². The summed E-state index contributed by atoms with van der Waals surface area (Å²) in [6.07, 6.45) is 0.967. The van der Waals surface area contributed by atoms with Gasteiger partial charge in [0.1, 0.15) is 11.1 Å². The number of allylic oxidation sites excluding steroid dienone is 3. The summed E-state index contributed by atoms with van der Waals surface area (Å²) >= 11 is 1.65. The van der Waals surface area contributed by atoms with E-state index < -0.39 is 0 Å². The van der Waals surface area contributed by atoms with Crippen molar-refractivity contribution >= 4 is 23.2 Å². The lowest BCUT2D eigenvalue weighted by molar-refractivity contribution is -0.116. The summed E-state index contributed by atoms with van der Waals surface area (Å²) < 4.78 is 5.36. The third kappa shape index (κ3) is 3.97. The summed E-state index contributed by atoms with van der Waals surface area (Å²) in [5.74, 6) is 0.784. The van der Waals surface area contributed by atoms with Crippen molar-refractivity contribution in [3.63, 3.8) is 0 Å². The Morgan fingerprint density at radius 1 is 1.09 bits per heavy atom. The van der Waals surface area contributed by atoms with Crippen molar-refractivity contribution in [2.24, 2.45) is 0 Å². The number of benzene rings is 2. The van der Waals surface area contributed by atoms with Crippen LogP contribution in [0.25, 0.3) is 5.57 Å². The van der Waals surface area contributed by atoms with E-state index in [1.165, 1.54) is 22.4 Å². The van der Waals surface area contributed by atoms with Gasteiger partial charge in [0.25, 0.3) is 5.91 Å². The molecule has 5 heteroatoms. The van der Waals surface area contributed by atoms with E-state index >= 15 is 0 Å². The average Bonchev–Trinajstić information content (AvgIpc) is 3.23. The molecular weight excluding hydrogens is 416 g/mol. The molecule has 0 spiro atoms. The second-order valence-electron chi connectivity index (χ2n) is 8.14. The van der Waals surface area contributed by atoms with Crippen LogP contribution >= 0.6 is 11.8 Å². The highest BCUT2D eigenvalue weighted by atomic mass is 32.2. The van der Waals surface area contributed by atoms with Crippen LogP contribution in [0.15, 0.2) is 81.9 Å². The van der Waals surface area contributed by atoms with Crippen molar-refractivity contribution in [3.8, 4) is 5.75 Å². The second kappa shape index (κ2) is 9.29. The topological polar surface area (TPSA) is 41.6 Å². The number of fused-ring (bicyclic) bond motifs is 1. The maximum absolute atomic E-state index is 13.4. The van der Waals surface area contributed by atoms with Crippen LogP contribution in [-0.2, 0) is 11.3 Å². The monoisotopic (exact) mass is 446 g/mol. The number of thioether (sulfide) groups is 1. The van der Waals surface area contributed by atoms with E-state index in [0.717, 1.165) is 33.8 Å². The molecule has 1 amide bonds. The number of hydrogen-bond donors (Lipinski definition) is 1. The molecule has 0 radical (unpaired) electrons. The molecule has 32 heavy (non-hydrogen) atoms. The Morgan fingerprint density at radius 3 is 2.41 bits per heavy atom. The largest absolute Gasteiger partial charge is 0.497 e. The van der Waals surface area contributed by atoms with Gasteiger partial charge in [-0.15, -0.1) is 0 Å². The second-order valence-corrected chi connectivity index (χ2v) is 9.23. The third-order valence-electron chi connectivity index (χ3n) is 6.38. The fourth-order valence-electron chi connectivity index (χ4n) is 4.53. The summed E-state index contributed by atoms with van der Waals surface area (Å²) in [4.78, 5) is 16.5. The van der Waals surface area contributed by atoms with Gasteiger partial charge in [0, 0.05) is 24.9 Å². The normalized spacial score (nSPS) is 18.3. The molecule has 166 valence electrons. The predicted octanol–water partition coefficient (Wildman–Crippen LogP) is 5.74. The van der Waals surface area contributed by atoms with E-state index in [2.05, 4.69) is 50.2 Å². The lowest BCUT2D eigenvalue weighted by atomic mass is 9.86. The van der Waals surface area contributed by atoms with Gasteiger partial charge in [0.15, 0.2) is 0 Å². The van der Waals surface area contributed by atoms with E-state index in [-0.39, 0.29) is 11.3 Å². The molecule has 0 aliphatic carbocycles. The molecule has 2 aliphatic heterocycles. The molecule has 0 saturated heterocycles. The molecule has 2 aromatic rings. The Kier molecular flexibility index (Phi) is 6.47. The van der Waals surface area contributed by atoms with Crippen LogP contribution in [0.2, 0.25) is 0 Å². The van der Waals surface area contributed by atoms with Gasteiger partial charge in [0.05, 0.1) is 12.0 Å². The number of nitrogens with zero attached hydrogens (tertiary/aromatic N) is 1. The van der Waals surface area contributed by atoms with E-state index in [1.807, 2.05) is 42.5 Å². The van der Waals surface area contributed by atoms with Gasteiger partial charge in [-0.25, -0.2) is 0 Å². The number of methoxy groups -OCH3 is 1. The zero-order valence-electron chi connectivity index (χ0n) is 19.4. The Morgan fingerprint density at radius 2 is 1.78 bits per heavy atom. The van der Waals surface area contributed by atoms with Crippen LogP contribution < -0.4 is 10.1 Å². The lowest BCUT2D eigenvalue weighted by Crippen LogP contribution is -2.32. The third-order valence-corrected chi connectivity index (χ3v) is 7.78. The van der Waals surface area contributed by atoms with Crippen LogP contribution in [0.1, 0.15) is 38.3 Å². The Hall–Kier alpha value is -2.92. The highest BCUT2D eigenvalue weighted by Gasteiger charge is 2.41. The number of amides is 1. The minimum atomic E-state index is -0.0246. The van der Waals surface area contributed by atoms with Crippen LogP contribution in [0.4, 0.5) is 0 Å². The fourth-order valence-corrected chi connectivity index (χ4v) is 6.01. The van der Waals surface area contributed by atoms with Gasteiger partial charge in [-0.2, -0.15) is 0 Å². The van der Waals surface area contributed by atoms with Gasteiger partial charge in [-0.05, 0) is 60.2 Å². The summed E-state index contributed by atoms with van der Waals surface area (Å²) in [5.41, 5.74) is 8.35.